The van der Waals surface area contributed by atoms with Crippen molar-refractivity contribution in [3.05, 3.63) is 58.4 Å². The molecule has 1 aromatic carbocycles. The monoisotopic (exact) mass is 438 g/mol. The maximum absolute atomic E-state index is 13.3. The lowest BCUT2D eigenvalue weighted by atomic mass is 10.2. The summed E-state index contributed by atoms with van der Waals surface area (Å²) in [5, 5.41) is 5.24. The van der Waals surface area contributed by atoms with Crippen LogP contribution in [0.15, 0.2) is 48.0 Å². The van der Waals surface area contributed by atoms with Crippen LogP contribution in [0, 0.1) is 0 Å². The van der Waals surface area contributed by atoms with Crippen LogP contribution in [0.3, 0.4) is 0 Å². The number of fused-ring (bicyclic) bond motifs is 1. The summed E-state index contributed by atoms with van der Waals surface area (Å²) in [4.78, 5) is 26.4. The zero-order chi connectivity index (χ0) is 21.8. The Balaban J connectivity index is 1.60. The number of nitrogens with zero attached hydrogens (tertiary/aromatic N) is 4. The number of nitrogens with one attached hydrogen (secondary N) is 1. The van der Waals surface area contributed by atoms with Gasteiger partial charge in [-0.15, -0.1) is 11.3 Å². The molecule has 0 bridgehead atoms. The SMILES string of the molecule is CNCC[C@H](Oc1cccc(N2CCN(C)c3nc(N)ncc3C2=O)c1)c1cccs1. The Morgan fingerprint density at radius 3 is 2.94 bits per heavy atom. The van der Waals surface area contributed by atoms with Crippen LogP contribution in [0.1, 0.15) is 27.8 Å². The largest absolute Gasteiger partial charge is 0.485 e. The first-order chi connectivity index (χ1) is 15.1. The highest BCUT2D eigenvalue weighted by molar-refractivity contribution is 7.10. The molecule has 0 saturated carbocycles. The number of likely N-dealkylation sites (N-methyl/N-ethyl adjacent to an activating group) is 1. The number of aromatic nitrogens is 2. The second-order valence-electron chi connectivity index (χ2n) is 7.36. The van der Waals surface area contributed by atoms with Crippen molar-refractivity contribution >= 4 is 34.7 Å². The van der Waals surface area contributed by atoms with Crippen molar-refractivity contribution in [1.82, 2.24) is 15.3 Å². The van der Waals surface area contributed by atoms with Gasteiger partial charge in [0.15, 0.2) is 0 Å². The summed E-state index contributed by atoms with van der Waals surface area (Å²) in [6.07, 6.45) is 2.30. The van der Waals surface area contributed by atoms with E-state index < -0.39 is 0 Å². The molecule has 162 valence electrons. The highest BCUT2D eigenvalue weighted by Crippen LogP contribution is 2.32. The number of anilines is 3. The molecule has 1 aliphatic heterocycles. The first kappa shape index (κ1) is 21.1. The van der Waals surface area contributed by atoms with Crippen molar-refractivity contribution in [1.29, 1.82) is 0 Å². The summed E-state index contributed by atoms with van der Waals surface area (Å²) in [6, 6.07) is 11.8. The summed E-state index contributed by atoms with van der Waals surface area (Å²) in [5.41, 5.74) is 6.95. The Morgan fingerprint density at radius 1 is 1.29 bits per heavy atom. The molecule has 9 heteroatoms. The molecule has 4 rings (SSSR count). The summed E-state index contributed by atoms with van der Waals surface area (Å²) in [6.45, 7) is 1.99. The van der Waals surface area contributed by atoms with Crippen molar-refractivity contribution in [2.75, 3.05) is 49.3 Å². The van der Waals surface area contributed by atoms with E-state index in [4.69, 9.17) is 10.5 Å². The summed E-state index contributed by atoms with van der Waals surface area (Å²) >= 11 is 1.68. The fraction of sp³-hybridized carbons (Fsp3) is 0.318. The van der Waals surface area contributed by atoms with E-state index in [9.17, 15) is 4.79 Å². The maximum atomic E-state index is 13.3. The van der Waals surface area contributed by atoms with E-state index >= 15 is 0 Å². The van der Waals surface area contributed by atoms with E-state index in [-0.39, 0.29) is 18.0 Å². The van der Waals surface area contributed by atoms with Crippen molar-refractivity contribution < 1.29 is 9.53 Å². The van der Waals surface area contributed by atoms with Crippen LogP contribution in [-0.4, -0.2) is 49.6 Å². The average Bonchev–Trinajstić information content (AvgIpc) is 3.28. The number of ether oxygens (including phenoxy) is 1. The van der Waals surface area contributed by atoms with Gasteiger partial charge in [-0.25, -0.2) is 4.98 Å². The van der Waals surface area contributed by atoms with E-state index in [0.717, 1.165) is 24.4 Å². The summed E-state index contributed by atoms with van der Waals surface area (Å²) < 4.78 is 6.35. The molecule has 0 fully saturated rings. The van der Waals surface area contributed by atoms with Gasteiger partial charge in [0, 0.05) is 49.4 Å². The number of rotatable bonds is 7. The fourth-order valence-corrected chi connectivity index (χ4v) is 4.36. The number of carbonyl (C=O) groups excluding carboxylic acids is 1. The lowest BCUT2D eigenvalue weighted by Gasteiger charge is -2.23. The van der Waals surface area contributed by atoms with Gasteiger partial charge in [0.25, 0.3) is 5.91 Å². The second-order valence-corrected chi connectivity index (χ2v) is 8.33. The number of hydrogen-bond acceptors (Lipinski definition) is 8. The quantitative estimate of drug-likeness (QED) is 0.585. The molecule has 3 N–H and O–H groups in total. The molecule has 2 aromatic heterocycles. The third-order valence-corrected chi connectivity index (χ3v) is 6.17. The lowest BCUT2D eigenvalue weighted by Crippen LogP contribution is -2.33. The van der Waals surface area contributed by atoms with Gasteiger partial charge < -0.3 is 25.6 Å². The zero-order valence-corrected chi connectivity index (χ0v) is 18.4. The molecule has 3 heterocycles. The van der Waals surface area contributed by atoms with E-state index in [0.29, 0.717) is 24.5 Å². The highest BCUT2D eigenvalue weighted by atomic mass is 32.1. The Kier molecular flexibility index (Phi) is 6.34. The number of nitrogen functional groups attached to an aromatic ring is 1. The molecule has 0 radical (unpaired) electrons. The smallest absolute Gasteiger partial charge is 0.263 e. The molecule has 8 nitrogen and oxygen atoms in total. The van der Waals surface area contributed by atoms with Crippen LogP contribution < -0.4 is 25.6 Å². The highest BCUT2D eigenvalue weighted by Gasteiger charge is 2.28. The molecular weight excluding hydrogens is 412 g/mol. The van der Waals surface area contributed by atoms with E-state index in [2.05, 4.69) is 26.7 Å². The van der Waals surface area contributed by atoms with Crippen LogP contribution in [0.25, 0.3) is 0 Å². The zero-order valence-electron chi connectivity index (χ0n) is 17.6. The predicted octanol–water partition coefficient (Wildman–Crippen LogP) is 2.95. The molecule has 3 aromatic rings. The van der Waals surface area contributed by atoms with Crippen LogP contribution >= 0.6 is 11.3 Å². The Hall–Kier alpha value is -3.17. The van der Waals surface area contributed by atoms with Gasteiger partial charge in [0.05, 0.1) is 0 Å². The number of carbonyl (C=O) groups is 1. The standard InChI is InChI=1S/C22H26N6O2S/c1-24-9-8-18(19-7-4-12-31-19)30-16-6-3-5-15(13-16)28-11-10-27(2)20-17(21(28)29)14-25-22(23)26-20/h3-7,12-14,18,24H,8-11H2,1-2H3,(H2,23,25,26)/t18-/m0/s1. The minimum absolute atomic E-state index is 0.0502. The molecule has 1 amide bonds. The number of thiophene rings is 1. The van der Waals surface area contributed by atoms with E-state index in [1.807, 2.05) is 49.3 Å². The van der Waals surface area contributed by atoms with Crippen molar-refractivity contribution in [2.45, 2.75) is 12.5 Å². The van der Waals surface area contributed by atoms with Crippen molar-refractivity contribution in [3.63, 3.8) is 0 Å². The van der Waals surface area contributed by atoms with Crippen LogP contribution in [0.4, 0.5) is 17.5 Å². The van der Waals surface area contributed by atoms with Crippen LogP contribution in [0.2, 0.25) is 0 Å². The molecule has 0 spiro atoms. The van der Waals surface area contributed by atoms with Gasteiger partial charge in [-0.1, -0.05) is 12.1 Å². The number of nitrogens with two attached hydrogens (primary N) is 1. The second kappa shape index (κ2) is 9.32. The maximum Gasteiger partial charge on any atom is 0.263 e. The van der Waals surface area contributed by atoms with Gasteiger partial charge in [-0.05, 0) is 37.2 Å². The minimum Gasteiger partial charge on any atom is -0.485 e. The molecule has 1 atom stereocenters. The van der Waals surface area contributed by atoms with E-state index in [1.54, 1.807) is 16.2 Å². The van der Waals surface area contributed by atoms with Crippen molar-refractivity contribution in [2.24, 2.45) is 0 Å². The van der Waals surface area contributed by atoms with Crippen LogP contribution in [-0.2, 0) is 0 Å². The average molecular weight is 439 g/mol. The molecular formula is C22H26N6O2S. The Bertz CT molecular complexity index is 1040. The first-order valence-electron chi connectivity index (χ1n) is 10.2. The normalized spacial score (nSPS) is 14.8. The third kappa shape index (κ3) is 4.62. The molecule has 1 aliphatic rings. The van der Waals surface area contributed by atoms with Crippen LogP contribution in [0.5, 0.6) is 5.75 Å². The molecule has 0 unspecified atom stereocenters. The summed E-state index contributed by atoms with van der Waals surface area (Å²) in [5.74, 6) is 1.29. The topological polar surface area (TPSA) is 96.6 Å². The first-order valence-corrected chi connectivity index (χ1v) is 11.0. The van der Waals surface area contributed by atoms with Gasteiger partial charge in [-0.2, -0.15) is 4.98 Å². The number of benzene rings is 1. The fourth-order valence-electron chi connectivity index (χ4n) is 3.58. The number of hydrogen-bond donors (Lipinski definition) is 2. The number of amides is 1. The Labute approximate surface area is 185 Å². The molecule has 31 heavy (non-hydrogen) atoms. The van der Waals surface area contributed by atoms with Gasteiger partial charge >= 0.3 is 0 Å². The third-order valence-electron chi connectivity index (χ3n) is 5.21. The summed E-state index contributed by atoms with van der Waals surface area (Å²) in [7, 11) is 3.83. The predicted molar refractivity (Wildman–Crippen MR) is 124 cm³/mol. The Morgan fingerprint density at radius 2 is 2.16 bits per heavy atom. The van der Waals surface area contributed by atoms with Crippen molar-refractivity contribution in [3.8, 4) is 5.75 Å². The van der Waals surface area contributed by atoms with Gasteiger partial charge in [-0.3, -0.25) is 4.79 Å². The van der Waals surface area contributed by atoms with Gasteiger partial charge in [0.2, 0.25) is 5.95 Å². The lowest BCUT2D eigenvalue weighted by molar-refractivity contribution is 0.0989. The van der Waals surface area contributed by atoms with Gasteiger partial charge in [0.1, 0.15) is 23.2 Å². The van der Waals surface area contributed by atoms with E-state index in [1.165, 1.54) is 11.1 Å². The minimum atomic E-state index is -0.151. The molecule has 0 aliphatic carbocycles. The molecule has 0 saturated heterocycles.